The van der Waals surface area contributed by atoms with E-state index >= 15 is 0 Å². The van der Waals surface area contributed by atoms with Crippen LogP contribution in [0.3, 0.4) is 0 Å². The van der Waals surface area contributed by atoms with E-state index < -0.39 is 0 Å². The molecule has 0 aliphatic carbocycles. The monoisotopic (exact) mass is 583 g/mol. The Bertz CT molecular complexity index is 810. The van der Waals surface area contributed by atoms with E-state index in [2.05, 4.69) is 77.6 Å². The first-order valence-electron chi connectivity index (χ1n) is 17.4. The topological polar surface area (TPSA) is 25.9 Å². The Morgan fingerprint density at radius 2 is 0.667 bits per heavy atom. The second kappa shape index (κ2) is 17.4. The maximum atomic E-state index is 2.73. The molecule has 4 aliphatic heterocycles. The van der Waals surface area contributed by atoms with Gasteiger partial charge in [0.2, 0.25) is 0 Å². The summed E-state index contributed by atoms with van der Waals surface area (Å²) in [5.74, 6) is 0. The lowest BCUT2D eigenvalue weighted by Crippen LogP contribution is -2.46. The van der Waals surface area contributed by atoms with Gasteiger partial charge < -0.3 is 29.4 Å². The van der Waals surface area contributed by atoms with Crippen LogP contribution in [0.5, 0.6) is 0 Å². The van der Waals surface area contributed by atoms with Crippen LogP contribution in [-0.2, 0) is 13.1 Å². The number of nitrogens with zero attached hydrogens (tertiary/aromatic N) is 8. The predicted molar refractivity (Wildman–Crippen MR) is 176 cm³/mol. The van der Waals surface area contributed by atoms with Gasteiger partial charge >= 0.3 is 0 Å². The average Bonchev–Trinajstić information content (AvgIpc) is 3.00. The summed E-state index contributed by atoms with van der Waals surface area (Å²) in [4.78, 5) is 21.4. The van der Waals surface area contributed by atoms with E-state index in [-0.39, 0.29) is 0 Å². The molecule has 4 heterocycles. The van der Waals surface area contributed by atoms with Crippen LogP contribution in [0.25, 0.3) is 0 Å². The van der Waals surface area contributed by atoms with Crippen molar-refractivity contribution in [1.82, 2.24) is 39.2 Å². The Labute approximate surface area is 258 Å². The van der Waals surface area contributed by atoms with Crippen molar-refractivity contribution in [3.05, 3.63) is 35.4 Å². The Morgan fingerprint density at radius 3 is 1.05 bits per heavy atom. The van der Waals surface area contributed by atoms with Crippen LogP contribution < -0.4 is 0 Å². The van der Waals surface area contributed by atoms with E-state index in [0.29, 0.717) is 0 Å². The van der Waals surface area contributed by atoms with E-state index in [0.717, 1.165) is 13.1 Å². The summed E-state index contributed by atoms with van der Waals surface area (Å²) in [5, 5.41) is 0. The van der Waals surface area contributed by atoms with Gasteiger partial charge in [0.15, 0.2) is 0 Å². The molecule has 8 heteroatoms. The summed E-state index contributed by atoms with van der Waals surface area (Å²) in [5.41, 5.74) is 2.95. The first kappa shape index (κ1) is 32.3. The molecule has 0 aromatic heterocycles. The minimum absolute atomic E-state index is 1.08. The van der Waals surface area contributed by atoms with Gasteiger partial charge in [-0.05, 0) is 103 Å². The lowest BCUT2D eigenvalue weighted by molar-refractivity contribution is 0.124. The minimum Gasteiger partial charge on any atom is -0.305 e. The van der Waals surface area contributed by atoms with E-state index in [1.807, 2.05) is 0 Å². The average molecular weight is 583 g/mol. The second-order valence-electron chi connectivity index (χ2n) is 13.8. The number of rotatable bonds is 4. The van der Waals surface area contributed by atoms with Gasteiger partial charge in [-0.15, -0.1) is 0 Å². The fraction of sp³-hybridized carbons (Fsp3) is 0.824. The first-order chi connectivity index (χ1) is 20.6. The number of hydrogen-bond acceptors (Lipinski definition) is 8. The molecule has 4 unspecified atom stereocenters. The molecule has 5 rings (SSSR count). The van der Waals surface area contributed by atoms with Crippen molar-refractivity contribution in [2.45, 2.75) is 38.8 Å². The Hall–Kier alpha value is -1.10. The molecule has 4 fully saturated rings. The fourth-order valence-electron chi connectivity index (χ4n) is 7.29. The van der Waals surface area contributed by atoms with Gasteiger partial charge in [-0.3, -0.25) is 9.80 Å². The van der Waals surface area contributed by atoms with E-state index in [9.17, 15) is 0 Å². The fourth-order valence-corrected chi connectivity index (χ4v) is 7.29. The predicted octanol–water partition coefficient (Wildman–Crippen LogP) is 1.98. The molecule has 238 valence electrons. The van der Waals surface area contributed by atoms with Gasteiger partial charge in [0.1, 0.15) is 0 Å². The zero-order valence-electron chi connectivity index (χ0n) is 27.3. The third-order valence-electron chi connectivity index (χ3n) is 10.3. The molecule has 4 bridgehead atoms. The molecule has 8 nitrogen and oxygen atoms in total. The molecule has 0 spiro atoms. The summed E-state index contributed by atoms with van der Waals surface area (Å²) in [7, 11) is 4.59. The summed E-state index contributed by atoms with van der Waals surface area (Å²) in [6.07, 6.45) is 5.15. The number of hydrogen-bond donors (Lipinski definition) is 0. The maximum Gasteiger partial charge on any atom is 0.0234 e. The van der Waals surface area contributed by atoms with Crippen molar-refractivity contribution in [1.29, 1.82) is 0 Å². The molecule has 0 amide bonds. The molecule has 0 saturated carbocycles. The van der Waals surface area contributed by atoms with Crippen molar-refractivity contribution >= 4 is 0 Å². The van der Waals surface area contributed by atoms with Crippen molar-refractivity contribution in [2.75, 3.05) is 145 Å². The minimum atomic E-state index is 1.08. The van der Waals surface area contributed by atoms with Crippen LogP contribution in [0.1, 0.15) is 36.8 Å². The summed E-state index contributed by atoms with van der Waals surface area (Å²) in [6.45, 7) is 26.6. The van der Waals surface area contributed by atoms with Gasteiger partial charge in [0.05, 0.1) is 0 Å². The van der Waals surface area contributed by atoms with Crippen LogP contribution in [0.2, 0.25) is 0 Å². The molecule has 42 heavy (non-hydrogen) atoms. The quantitative estimate of drug-likeness (QED) is 0.532. The van der Waals surface area contributed by atoms with Crippen LogP contribution in [0.15, 0.2) is 24.3 Å². The van der Waals surface area contributed by atoms with Gasteiger partial charge in [-0.25, -0.2) is 0 Å². The van der Waals surface area contributed by atoms with Crippen molar-refractivity contribution in [2.24, 2.45) is 0 Å². The Kier molecular flexibility index (Phi) is 13.4. The third kappa shape index (κ3) is 11.1. The highest BCUT2D eigenvalue weighted by Crippen LogP contribution is 2.14. The highest BCUT2D eigenvalue weighted by atomic mass is 15.3. The van der Waals surface area contributed by atoms with E-state index in [1.54, 1.807) is 0 Å². The maximum absolute atomic E-state index is 2.73. The largest absolute Gasteiger partial charge is 0.305 e. The third-order valence-corrected chi connectivity index (χ3v) is 10.3. The highest BCUT2D eigenvalue weighted by Gasteiger charge is 2.19. The van der Waals surface area contributed by atoms with E-state index in [1.165, 1.54) is 168 Å². The molecule has 1 aromatic carbocycles. The normalized spacial score (nSPS) is 31.5. The van der Waals surface area contributed by atoms with Crippen LogP contribution in [-0.4, -0.2) is 184 Å². The lowest BCUT2D eigenvalue weighted by atomic mass is 10.1. The van der Waals surface area contributed by atoms with Gasteiger partial charge in [0, 0.05) is 91.6 Å². The Balaban J connectivity index is 1.13. The highest BCUT2D eigenvalue weighted by molar-refractivity contribution is 5.22. The van der Waals surface area contributed by atoms with Crippen molar-refractivity contribution in [3.63, 3.8) is 0 Å². The zero-order valence-corrected chi connectivity index (χ0v) is 27.3. The second-order valence-corrected chi connectivity index (χ2v) is 13.8. The molecule has 0 N–H and O–H groups in total. The lowest BCUT2D eigenvalue weighted by Gasteiger charge is -2.35. The number of fused-ring (bicyclic) bond motifs is 6. The standard InChI is InChI=1S/C34H62N8/c1-35-11-3-13-39-25-23-37(21-19-35)15-5-17-41(29-27-39)31-33-7-9-34(10-8-33)32-42-18-6-16-38-22-20-36(2)12-4-14-40(26-24-38)28-30-42/h7-10H,3-6,11-32H2,1-2H3. The molecule has 4 saturated heterocycles. The smallest absolute Gasteiger partial charge is 0.0234 e. The van der Waals surface area contributed by atoms with Crippen LogP contribution in [0, 0.1) is 0 Å². The molecule has 4 atom stereocenters. The number of likely N-dealkylation sites (N-methyl/N-ethyl adjacent to an activating group) is 2. The van der Waals surface area contributed by atoms with Gasteiger partial charge in [0.25, 0.3) is 0 Å². The van der Waals surface area contributed by atoms with Crippen LogP contribution >= 0.6 is 0 Å². The van der Waals surface area contributed by atoms with Crippen LogP contribution in [0.4, 0.5) is 0 Å². The SMILES string of the molecule is CN1CCCN2CCN(CCCN(Cc3ccc(CN4CCCN5CCN(C)CCCN(CC5)CC4)cc3)CC2)CC1. The van der Waals surface area contributed by atoms with Crippen molar-refractivity contribution < 1.29 is 0 Å². The molecule has 1 aromatic rings. The molecule has 0 radical (unpaired) electrons. The summed E-state index contributed by atoms with van der Waals surface area (Å²) < 4.78 is 0. The summed E-state index contributed by atoms with van der Waals surface area (Å²) >= 11 is 0. The summed E-state index contributed by atoms with van der Waals surface area (Å²) in [6, 6.07) is 9.68. The van der Waals surface area contributed by atoms with Crippen molar-refractivity contribution in [3.8, 4) is 0 Å². The number of benzene rings is 1. The Morgan fingerprint density at radius 1 is 0.357 bits per heavy atom. The molecular weight excluding hydrogens is 520 g/mol. The van der Waals surface area contributed by atoms with E-state index in [4.69, 9.17) is 0 Å². The van der Waals surface area contributed by atoms with Gasteiger partial charge in [-0.2, -0.15) is 0 Å². The molecular formula is C34H62N8. The van der Waals surface area contributed by atoms with Gasteiger partial charge in [-0.1, -0.05) is 24.3 Å². The molecule has 4 aliphatic rings. The first-order valence-corrected chi connectivity index (χ1v) is 17.4. The zero-order chi connectivity index (χ0) is 29.0.